The maximum absolute atomic E-state index is 11.7. The predicted octanol–water partition coefficient (Wildman–Crippen LogP) is 0.282. The molecule has 2 N–H and O–H groups in total. The molecule has 90 valence electrons. The molecule has 3 rings (SSSR count). The minimum Gasteiger partial charge on any atom is -0.486 e. The van der Waals surface area contributed by atoms with Gasteiger partial charge in [0.15, 0.2) is 11.5 Å². The number of ether oxygens (including phenoxy) is 2. The first-order valence-corrected chi connectivity index (χ1v) is 6.32. The Bertz CT molecular complexity index is 610. The fraction of sp³-hybridized carbons (Fsp3) is 0.222. The number of rotatable bonds is 0. The summed E-state index contributed by atoms with van der Waals surface area (Å²) in [4.78, 5) is 11.1. The summed E-state index contributed by atoms with van der Waals surface area (Å²) in [5.41, 5.74) is 0.193. The second kappa shape index (κ2) is 3.27. The number of nitrogens with one attached hydrogen (secondary N) is 2. The van der Waals surface area contributed by atoms with Gasteiger partial charge in [0, 0.05) is 12.1 Å². The van der Waals surface area contributed by atoms with E-state index in [2.05, 4.69) is 5.32 Å². The third kappa shape index (κ3) is 1.57. The summed E-state index contributed by atoms with van der Waals surface area (Å²) in [6.07, 6.45) is 0. The molecule has 2 aliphatic rings. The van der Waals surface area contributed by atoms with Crippen LogP contribution in [0.15, 0.2) is 17.0 Å². The van der Waals surface area contributed by atoms with Gasteiger partial charge in [-0.1, -0.05) is 0 Å². The van der Waals surface area contributed by atoms with Gasteiger partial charge in [-0.05, 0) is 0 Å². The molecule has 2 aliphatic heterocycles. The molecule has 0 fully saturated rings. The Morgan fingerprint density at radius 3 is 2.47 bits per heavy atom. The highest BCUT2D eigenvalue weighted by atomic mass is 32.2. The van der Waals surface area contributed by atoms with Gasteiger partial charge in [-0.2, -0.15) is 0 Å². The topological polar surface area (TPSA) is 93.7 Å². The van der Waals surface area contributed by atoms with Crippen molar-refractivity contribution >= 4 is 21.7 Å². The highest BCUT2D eigenvalue weighted by Crippen LogP contribution is 2.38. The predicted molar refractivity (Wildman–Crippen MR) is 56.8 cm³/mol. The van der Waals surface area contributed by atoms with Crippen LogP contribution in [0.1, 0.15) is 0 Å². The van der Waals surface area contributed by atoms with Crippen molar-refractivity contribution < 1.29 is 22.7 Å². The quantitative estimate of drug-likeness (QED) is 0.695. The zero-order chi connectivity index (χ0) is 12.0. The molecule has 0 bridgehead atoms. The van der Waals surface area contributed by atoms with Gasteiger partial charge in [0.25, 0.3) is 10.0 Å². The number of hydrogen-bond acceptors (Lipinski definition) is 5. The SMILES string of the molecule is O=C1Nc2cc3c(cc2S(=O)(=O)N1)OCCO3. The number of sulfonamides is 1. The third-order valence-electron chi connectivity index (χ3n) is 2.41. The molecule has 0 saturated heterocycles. The Morgan fingerprint density at radius 1 is 1.12 bits per heavy atom. The molecule has 7 nitrogen and oxygen atoms in total. The Kier molecular flexibility index (Phi) is 1.96. The number of urea groups is 1. The molecular formula is C9H8N2O5S. The smallest absolute Gasteiger partial charge is 0.333 e. The van der Waals surface area contributed by atoms with Crippen molar-refractivity contribution in [1.82, 2.24) is 4.72 Å². The van der Waals surface area contributed by atoms with E-state index in [1.54, 1.807) is 0 Å². The molecule has 0 saturated carbocycles. The van der Waals surface area contributed by atoms with Crippen LogP contribution >= 0.6 is 0 Å². The largest absolute Gasteiger partial charge is 0.486 e. The van der Waals surface area contributed by atoms with Gasteiger partial charge < -0.3 is 14.8 Å². The minimum absolute atomic E-state index is 0.0265. The van der Waals surface area contributed by atoms with Crippen LogP contribution < -0.4 is 19.5 Å². The van der Waals surface area contributed by atoms with Crippen LogP contribution in [0.4, 0.5) is 10.5 Å². The number of carbonyl (C=O) groups excluding carboxylic acids is 1. The lowest BCUT2D eigenvalue weighted by Crippen LogP contribution is -2.39. The number of carbonyl (C=O) groups is 1. The number of benzene rings is 1. The Morgan fingerprint density at radius 2 is 1.76 bits per heavy atom. The van der Waals surface area contributed by atoms with Gasteiger partial charge in [-0.25, -0.2) is 17.9 Å². The van der Waals surface area contributed by atoms with E-state index in [0.717, 1.165) is 0 Å². The van der Waals surface area contributed by atoms with Crippen LogP contribution in [-0.4, -0.2) is 27.7 Å². The van der Waals surface area contributed by atoms with Crippen molar-refractivity contribution in [3.05, 3.63) is 12.1 Å². The van der Waals surface area contributed by atoms with E-state index in [9.17, 15) is 13.2 Å². The monoisotopic (exact) mass is 256 g/mol. The van der Waals surface area contributed by atoms with Crippen molar-refractivity contribution in [2.75, 3.05) is 18.5 Å². The van der Waals surface area contributed by atoms with Crippen molar-refractivity contribution in [1.29, 1.82) is 0 Å². The molecule has 1 aromatic carbocycles. The molecule has 17 heavy (non-hydrogen) atoms. The number of amides is 2. The Balaban J connectivity index is 2.22. The maximum atomic E-state index is 11.7. The van der Waals surface area contributed by atoms with Crippen LogP contribution in [0, 0.1) is 0 Å². The lowest BCUT2D eigenvalue weighted by Gasteiger charge is -2.23. The molecule has 0 spiro atoms. The summed E-state index contributed by atoms with van der Waals surface area (Å²) in [6, 6.07) is 2.00. The van der Waals surface area contributed by atoms with Crippen molar-refractivity contribution in [3.63, 3.8) is 0 Å². The third-order valence-corrected chi connectivity index (χ3v) is 3.78. The van der Waals surface area contributed by atoms with Gasteiger partial charge in [0.1, 0.15) is 18.1 Å². The summed E-state index contributed by atoms with van der Waals surface area (Å²) in [6.45, 7) is 0.760. The first-order chi connectivity index (χ1) is 8.06. The van der Waals surface area contributed by atoms with Crippen LogP contribution in [-0.2, 0) is 10.0 Å². The Labute approximate surface area is 96.8 Å². The van der Waals surface area contributed by atoms with Crippen molar-refractivity contribution in [2.24, 2.45) is 0 Å². The summed E-state index contributed by atoms with van der Waals surface area (Å²) < 4.78 is 35.8. The summed E-state index contributed by atoms with van der Waals surface area (Å²) in [7, 11) is -3.82. The molecule has 8 heteroatoms. The summed E-state index contributed by atoms with van der Waals surface area (Å²) >= 11 is 0. The van der Waals surface area contributed by atoms with E-state index < -0.39 is 16.1 Å². The highest BCUT2D eigenvalue weighted by Gasteiger charge is 2.30. The van der Waals surface area contributed by atoms with Crippen LogP contribution in [0.5, 0.6) is 11.5 Å². The second-order valence-electron chi connectivity index (χ2n) is 3.55. The zero-order valence-corrected chi connectivity index (χ0v) is 9.33. The van der Waals surface area contributed by atoms with Gasteiger partial charge in [0.2, 0.25) is 0 Å². The van der Waals surface area contributed by atoms with E-state index in [1.165, 1.54) is 12.1 Å². The molecule has 1 aromatic rings. The van der Waals surface area contributed by atoms with Crippen LogP contribution in [0.3, 0.4) is 0 Å². The van der Waals surface area contributed by atoms with Crippen molar-refractivity contribution in [3.8, 4) is 11.5 Å². The van der Waals surface area contributed by atoms with E-state index in [4.69, 9.17) is 9.47 Å². The van der Waals surface area contributed by atoms with E-state index >= 15 is 0 Å². The van der Waals surface area contributed by atoms with Gasteiger partial charge in [-0.15, -0.1) is 0 Å². The van der Waals surface area contributed by atoms with Gasteiger partial charge in [0.05, 0.1) is 5.69 Å². The number of anilines is 1. The van der Waals surface area contributed by atoms with E-state index in [0.29, 0.717) is 24.7 Å². The molecule has 0 radical (unpaired) electrons. The molecule has 0 atom stereocenters. The van der Waals surface area contributed by atoms with Crippen LogP contribution in [0.2, 0.25) is 0 Å². The highest BCUT2D eigenvalue weighted by molar-refractivity contribution is 7.90. The van der Waals surface area contributed by atoms with E-state index in [1.807, 2.05) is 4.72 Å². The Hall–Kier alpha value is -1.96. The average molecular weight is 256 g/mol. The lowest BCUT2D eigenvalue weighted by molar-refractivity contribution is 0.171. The van der Waals surface area contributed by atoms with Gasteiger partial charge >= 0.3 is 6.03 Å². The molecule has 0 aliphatic carbocycles. The fourth-order valence-corrected chi connectivity index (χ4v) is 2.78. The first-order valence-electron chi connectivity index (χ1n) is 4.84. The average Bonchev–Trinajstić information content (AvgIpc) is 2.26. The summed E-state index contributed by atoms with van der Waals surface area (Å²) in [5, 5.41) is 2.40. The minimum atomic E-state index is -3.82. The molecule has 2 amide bonds. The van der Waals surface area contributed by atoms with E-state index in [-0.39, 0.29) is 10.6 Å². The first kappa shape index (κ1) is 10.2. The van der Waals surface area contributed by atoms with Crippen LogP contribution in [0.25, 0.3) is 0 Å². The zero-order valence-electron chi connectivity index (χ0n) is 8.52. The standard InChI is InChI=1S/C9H8N2O5S/c12-9-10-5-3-6-7(16-2-1-15-6)4-8(5)17(13,14)11-9/h3-4H,1-2H2,(H2,10,11,12). The number of hydrogen-bond donors (Lipinski definition) is 2. The summed E-state index contributed by atoms with van der Waals surface area (Å²) in [5.74, 6) is 0.781. The normalized spacial score (nSPS) is 19.9. The van der Waals surface area contributed by atoms with Gasteiger partial charge in [-0.3, -0.25) is 0 Å². The lowest BCUT2D eigenvalue weighted by atomic mass is 10.2. The molecule has 0 unspecified atom stereocenters. The molecule has 0 aromatic heterocycles. The maximum Gasteiger partial charge on any atom is 0.333 e. The number of fused-ring (bicyclic) bond motifs is 2. The second-order valence-corrected chi connectivity index (χ2v) is 5.20. The van der Waals surface area contributed by atoms with Crippen molar-refractivity contribution in [2.45, 2.75) is 4.90 Å². The molecular weight excluding hydrogens is 248 g/mol. The fourth-order valence-electron chi connectivity index (χ4n) is 1.71. The molecule has 2 heterocycles.